The first-order valence-electron chi connectivity index (χ1n) is 9.94. The van der Waals surface area contributed by atoms with E-state index in [0.717, 1.165) is 35.4 Å². The van der Waals surface area contributed by atoms with Crippen molar-refractivity contribution in [3.05, 3.63) is 78.3 Å². The molecule has 0 spiro atoms. The molecule has 0 saturated carbocycles. The highest BCUT2D eigenvalue weighted by atomic mass is 16.5. The highest BCUT2D eigenvalue weighted by molar-refractivity contribution is 5.83. The van der Waals surface area contributed by atoms with Crippen molar-refractivity contribution >= 4 is 10.8 Å². The maximum absolute atomic E-state index is 5.98. The van der Waals surface area contributed by atoms with Crippen molar-refractivity contribution in [2.24, 2.45) is 5.41 Å². The average molecular weight is 388 g/mol. The zero-order chi connectivity index (χ0) is 20.7. The number of rotatable bonds is 7. The molecule has 0 aliphatic carbocycles. The maximum Gasteiger partial charge on any atom is 0.149 e. The normalized spacial score (nSPS) is 11.8. The Balaban J connectivity index is 1.53. The minimum absolute atomic E-state index is 0.0403. The van der Waals surface area contributed by atoms with Gasteiger partial charge in [-0.25, -0.2) is 0 Å². The molecule has 150 valence electrons. The molecular weight excluding hydrogens is 358 g/mol. The van der Waals surface area contributed by atoms with Crippen molar-refractivity contribution in [2.45, 2.75) is 33.9 Å². The van der Waals surface area contributed by atoms with E-state index in [9.17, 15) is 0 Å². The molecule has 0 fully saturated rings. The molecule has 29 heavy (non-hydrogen) atoms. The van der Waals surface area contributed by atoms with Crippen LogP contribution in [0.1, 0.15) is 32.1 Å². The van der Waals surface area contributed by atoms with E-state index >= 15 is 0 Å². The van der Waals surface area contributed by atoms with E-state index in [4.69, 9.17) is 9.15 Å². The first kappa shape index (κ1) is 20.8. The number of likely N-dealkylation sites (N-methyl/N-ethyl adjacent to an activating group) is 1. The largest absolute Gasteiger partial charge is 0.486 e. The Hall–Kier alpha value is -2.96. The summed E-state index contributed by atoms with van der Waals surface area (Å²) in [5.41, 5.74) is 1.25. The smallest absolute Gasteiger partial charge is 0.149 e. The summed E-state index contributed by atoms with van der Waals surface area (Å²) < 4.78 is 11.6. The van der Waals surface area contributed by atoms with Crippen LogP contribution in [-0.4, -0.2) is 18.5 Å². The number of ether oxygens (including phenoxy) is 1. The number of allylic oxidation sites excluding steroid dienone is 1. The quantitative estimate of drug-likeness (QED) is 0.462. The third kappa shape index (κ3) is 6.55. The van der Waals surface area contributed by atoms with E-state index in [2.05, 4.69) is 68.8 Å². The van der Waals surface area contributed by atoms with Crippen LogP contribution in [0.15, 0.2) is 71.4 Å². The molecule has 3 nitrogen and oxygen atoms in total. The Morgan fingerprint density at radius 1 is 1.10 bits per heavy atom. The third-order valence-corrected chi connectivity index (χ3v) is 4.38. The number of furan rings is 1. The number of nitrogens with zero attached hydrogens (tertiary/aromatic N) is 1. The topological polar surface area (TPSA) is 25.6 Å². The van der Waals surface area contributed by atoms with Crippen LogP contribution in [0.5, 0.6) is 5.75 Å². The Kier molecular flexibility index (Phi) is 6.80. The Morgan fingerprint density at radius 2 is 1.93 bits per heavy atom. The van der Waals surface area contributed by atoms with Crippen molar-refractivity contribution in [3.63, 3.8) is 0 Å². The van der Waals surface area contributed by atoms with Gasteiger partial charge in [-0.15, -0.1) is 0 Å². The van der Waals surface area contributed by atoms with Crippen LogP contribution in [0.3, 0.4) is 0 Å². The minimum Gasteiger partial charge on any atom is -0.486 e. The van der Waals surface area contributed by atoms with Gasteiger partial charge in [-0.2, -0.15) is 0 Å². The molecular formula is C26H29NO2. The molecule has 3 rings (SSSR count). The zero-order valence-corrected chi connectivity index (χ0v) is 17.7. The van der Waals surface area contributed by atoms with E-state index in [1.165, 1.54) is 5.56 Å². The molecule has 0 radical (unpaired) electrons. The van der Waals surface area contributed by atoms with Crippen molar-refractivity contribution in [2.75, 3.05) is 13.6 Å². The lowest BCUT2D eigenvalue weighted by Crippen LogP contribution is -2.17. The second-order valence-corrected chi connectivity index (χ2v) is 8.30. The Labute approximate surface area is 174 Å². The van der Waals surface area contributed by atoms with Gasteiger partial charge in [0.2, 0.25) is 0 Å². The van der Waals surface area contributed by atoms with Gasteiger partial charge in [0.1, 0.15) is 18.1 Å². The van der Waals surface area contributed by atoms with E-state index in [-0.39, 0.29) is 5.41 Å². The number of hydrogen-bond donors (Lipinski definition) is 0. The van der Waals surface area contributed by atoms with Gasteiger partial charge in [0.25, 0.3) is 0 Å². The number of benzene rings is 2. The molecule has 1 heterocycles. The molecule has 0 amide bonds. The highest BCUT2D eigenvalue weighted by Gasteiger charge is 2.07. The van der Waals surface area contributed by atoms with E-state index in [1.54, 1.807) is 6.26 Å². The van der Waals surface area contributed by atoms with Crippen LogP contribution < -0.4 is 4.74 Å². The highest BCUT2D eigenvalue weighted by Crippen LogP contribution is 2.23. The van der Waals surface area contributed by atoms with Crippen LogP contribution in [-0.2, 0) is 13.2 Å². The summed E-state index contributed by atoms with van der Waals surface area (Å²) in [6.45, 7) is 8.46. The molecule has 0 unspecified atom stereocenters. The van der Waals surface area contributed by atoms with Crippen LogP contribution in [0, 0.1) is 17.3 Å². The SMILES string of the molecule is CN(CC=CC#CC(C)(C)C)Cc1cccc(OCc2occ3ccccc23)c1. The van der Waals surface area contributed by atoms with Gasteiger partial charge >= 0.3 is 0 Å². The lowest BCUT2D eigenvalue weighted by molar-refractivity contribution is 0.271. The van der Waals surface area contributed by atoms with Gasteiger partial charge in [-0.3, -0.25) is 4.90 Å². The van der Waals surface area contributed by atoms with E-state index in [0.29, 0.717) is 6.61 Å². The van der Waals surface area contributed by atoms with Crippen molar-refractivity contribution in [1.29, 1.82) is 0 Å². The molecule has 0 bridgehead atoms. The maximum atomic E-state index is 5.98. The van der Waals surface area contributed by atoms with Gasteiger partial charge in [0.15, 0.2) is 0 Å². The van der Waals surface area contributed by atoms with Crippen molar-refractivity contribution in [3.8, 4) is 17.6 Å². The lowest BCUT2D eigenvalue weighted by atomic mass is 9.98. The summed E-state index contributed by atoms with van der Waals surface area (Å²) >= 11 is 0. The lowest BCUT2D eigenvalue weighted by Gasteiger charge is -2.15. The Bertz CT molecular complexity index is 1030. The summed E-state index contributed by atoms with van der Waals surface area (Å²) in [5, 5.41) is 2.20. The Morgan fingerprint density at radius 3 is 2.76 bits per heavy atom. The third-order valence-electron chi connectivity index (χ3n) is 4.38. The van der Waals surface area contributed by atoms with E-state index in [1.807, 2.05) is 36.4 Å². The van der Waals surface area contributed by atoms with Crippen LogP contribution >= 0.6 is 0 Å². The first-order valence-corrected chi connectivity index (χ1v) is 9.94. The second-order valence-electron chi connectivity index (χ2n) is 8.30. The minimum atomic E-state index is 0.0403. The van der Waals surface area contributed by atoms with Crippen LogP contribution in [0.25, 0.3) is 10.8 Å². The molecule has 0 aliphatic heterocycles. The molecule has 0 saturated heterocycles. The molecule has 3 heteroatoms. The first-order chi connectivity index (χ1) is 13.9. The molecule has 0 atom stereocenters. The second kappa shape index (κ2) is 9.49. The van der Waals surface area contributed by atoms with Gasteiger partial charge in [-0.1, -0.05) is 54.3 Å². The fraction of sp³-hybridized carbons (Fsp3) is 0.308. The molecule has 3 aromatic rings. The standard InChI is InChI=1S/C26H29NO2/c1-26(2,3)15-8-5-9-16-27(4)18-21-11-10-13-23(17-21)28-20-25-24-14-7-6-12-22(24)19-29-25/h5-7,9-14,17,19H,16,18,20H2,1-4H3. The predicted molar refractivity (Wildman–Crippen MR) is 120 cm³/mol. The summed E-state index contributed by atoms with van der Waals surface area (Å²) in [4.78, 5) is 2.24. The van der Waals surface area contributed by atoms with Gasteiger partial charge in [0, 0.05) is 29.3 Å². The number of fused-ring (bicyclic) bond motifs is 1. The summed E-state index contributed by atoms with van der Waals surface area (Å²) in [5.74, 6) is 8.02. The fourth-order valence-electron chi connectivity index (χ4n) is 2.97. The fourth-order valence-corrected chi connectivity index (χ4v) is 2.97. The summed E-state index contributed by atoms with van der Waals surface area (Å²) in [6, 6.07) is 16.3. The molecule has 0 aliphatic rings. The molecule has 2 aromatic carbocycles. The average Bonchev–Trinajstić information content (AvgIpc) is 3.09. The van der Waals surface area contributed by atoms with Crippen molar-refractivity contribution in [1.82, 2.24) is 4.90 Å². The predicted octanol–water partition coefficient (Wildman–Crippen LogP) is 6.05. The monoisotopic (exact) mass is 387 g/mol. The molecule has 0 N–H and O–H groups in total. The van der Waals surface area contributed by atoms with E-state index < -0.39 is 0 Å². The van der Waals surface area contributed by atoms with Crippen LogP contribution in [0.4, 0.5) is 0 Å². The van der Waals surface area contributed by atoms with Crippen molar-refractivity contribution < 1.29 is 9.15 Å². The van der Waals surface area contributed by atoms with Gasteiger partial charge in [0.05, 0.1) is 6.26 Å². The van der Waals surface area contributed by atoms with Gasteiger partial charge in [-0.05, 0) is 51.6 Å². The zero-order valence-electron chi connectivity index (χ0n) is 17.7. The van der Waals surface area contributed by atoms with Gasteiger partial charge < -0.3 is 9.15 Å². The number of hydrogen-bond acceptors (Lipinski definition) is 3. The van der Waals surface area contributed by atoms with Crippen LogP contribution in [0.2, 0.25) is 0 Å². The molecule has 1 aromatic heterocycles. The summed E-state index contributed by atoms with van der Waals surface area (Å²) in [7, 11) is 2.10. The summed E-state index contributed by atoms with van der Waals surface area (Å²) in [6.07, 6.45) is 5.81.